The highest BCUT2D eigenvalue weighted by Gasteiger charge is 2.46. The van der Waals surface area contributed by atoms with Crippen molar-refractivity contribution in [3.63, 3.8) is 0 Å². The number of esters is 1. The summed E-state index contributed by atoms with van der Waals surface area (Å²) in [5, 5.41) is 7.74. The summed E-state index contributed by atoms with van der Waals surface area (Å²) in [6.07, 6.45) is 6.46. The number of benzene rings is 2. The molecule has 1 N–H and O–H groups in total. The van der Waals surface area contributed by atoms with Gasteiger partial charge >= 0.3 is 5.97 Å². The zero-order chi connectivity index (χ0) is 24.1. The Balaban J connectivity index is 1.48. The molecule has 178 valence electrons. The smallest absolute Gasteiger partial charge is 0.306 e. The van der Waals surface area contributed by atoms with Crippen LogP contribution < -0.4 is 5.32 Å². The summed E-state index contributed by atoms with van der Waals surface area (Å²) in [6, 6.07) is 17.3. The normalized spacial score (nSPS) is 14.9. The Labute approximate surface area is 202 Å². The van der Waals surface area contributed by atoms with Crippen molar-refractivity contribution < 1.29 is 14.1 Å². The maximum atomic E-state index is 12.0. The fourth-order valence-electron chi connectivity index (χ4n) is 4.46. The molecule has 4 rings (SSSR count). The summed E-state index contributed by atoms with van der Waals surface area (Å²) in [6.45, 7) is 10.2. The van der Waals surface area contributed by atoms with Crippen LogP contribution in [0.1, 0.15) is 57.2 Å². The molecule has 34 heavy (non-hydrogen) atoms. The number of rotatable bonds is 11. The molecule has 1 aromatic heterocycles. The summed E-state index contributed by atoms with van der Waals surface area (Å²) in [5.41, 5.74) is 6.26. The second-order valence-electron chi connectivity index (χ2n) is 9.30. The highest BCUT2D eigenvalue weighted by molar-refractivity contribution is 5.77. The van der Waals surface area contributed by atoms with Gasteiger partial charge in [-0.3, -0.25) is 4.79 Å². The van der Waals surface area contributed by atoms with Gasteiger partial charge in [-0.25, -0.2) is 0 Å². The van der Waals surface area contributed by atoms with Gasteiger partial charge in [-0.2, -0.15) is 0 Å². The van der Waals surface area contributed by atoms with Gasteiger partial charge in [-0.15, -0.1) is 6.58 Å². The van der Waals surface area contributed by atoms with E-state index in [1.807, 2.05) is 19.9 Å². The van der Waals surface area contributed by atoms with Gasteiger partial charge in [0.25, 0.3) is 0 Å². The van der Waals surface area contributed by atoms with E-state index in [2.05, 4.69) is 72.5 Å². The number of carbonyl (C=O) groups is 1. The first-order valence-electron chi connectivity index (χ1n) is 12.2. The number of aromatic nitrogens is 1. The minimum atomic E-state index is -0.105. The fraction of sp³-hybridized carbons (Fsp3) is 0.379. The standard InChI is InChI=1S/C29H34N2O3/c1-5-7-8-20(3)30-27-21(4)31-34-28(27)24-11-9-22(10-12-24)23-13-15-25(16-14-23)29(17-18-29)19-26(32)33-6-2/h5,9-16,20,30H,1,6-8,17-19H2,2-4H3. The maximum absolute atomic E-state index is 12.0. The van der Waals surface area contributed by atoms with Gasteiger partial charge in [-0.05, 0) is 63.1 Å². The third-order valence-corrected chi connectivity index (χ3v) is 6.68. The van der Waals surface area contributed by atoms with Crippen LogP contribution in [-0.2, 0) is 14.9 Å². The zero-order valence-electron chi connectivity index (χ0n) is 20.4. The van der Waals surface area contributed by atoms with Gasteiger partial charge in [-0.1, -0.05) is 59.8 Å². The van der Waals surface area contributed by atoms with Crippen molar-refractivity contribution in [2.24, 2.45) is 0 Å². The highest BCUT2D eigenvalue weighted by atomic mass is 16.5. The fourth-order valence-corrected chi connectivity index (χ4v) is 4.46. The summed E-state index contributed by atoms with van der Waals surface area (Å²) < 4.78 is 10.8. The number of hydrogen-bond acceptors (Lipinski definition) is 5. The lowest BCUT2D eigenvalue weighted by Crippen LogP contribution is -2.15. The predicted molar refractivity (Wildman–Crippen MR) is 137 cm³/mol. The van der Waals surface area contributed by atoms with Crippen molar-refractivity contribution in [2.75, 3.05) is 11.9 Å². The second kappa shape index (κ2) is 10.3. The average molecular weight is 459 g/mol. The highest BCUT2D eigenvalue weighted by Crippen LogP contribution is 2.51. The number of anilines is 1. The topological polar surface area (TPSA) is 64.4 Å². The molecule has 2 aromatic carbocycles. The minimum absolute atomic E-state index is 0.0367. The molecule has 0 amide bonds. The molecule has 0 saturated heterocycles. The van der Waals surface area contributed by atoms with Gasteiger partial charge in [0.05, 0.1) is 13.0 Å². The third kappa shape index (κ3) is 5.24. The van der Waals surface area contributed by atoms with Crippen LogP contribution in [0.5, 0.6) is 0 Å². The lowest BCUT2D eigenvalue weighted by atomic mass is 9.91. The van der Waals surface area contributed by atoms with Crippen LogP contribution in [-0.4, -0.2) is 23.8 Å². The van der Waals surface area contributed by atoms with Crippen molar-refractivity contribution in [2.45, 2.75) is 64.3 Å². The van der Waals surface area contributed by atoms with E-state index in [1.165, 1.54) is 5.56 Å². The Morgan fingerprint density at radius 1 is 1.15 bits per heavy atom. The van der Waals surface area contributed by atoms with E-state index >= 15 is 0 Å². The van der Waals surface area contributed by atoms with Crippen LogP contribution in [0.3, 0.4) is 0 Å². The Hall–Kier alpha value is -3.34. The summed E-state index contributed by atoms with van der Waals surface area (Å²) in [7, 11) is 0. The van der Waals surface area contributed by atoms with Crippen molar-refractivity contribution in [1.82, 2.24) is 5.16 Å². The van der Waals surface area contributed by atoms with Gasteiger partial charge in [0.15, 0.2) is 5.76 Å². The van der Waals surface area contributed by atoms with E-state index in [9.17, 15) is 4.79 Å². The molecule has 1 atom stereocenters. The van der Waals surface area contributed by atoms with Crippen LogP contribution in [0.25, 0.3) is 22.5 Å². The maximum Gasteiger partial charge on any atom is 0.306 e. The number of nitrogens with zero attached hydrogens (tertiary/aromatic N) is 1. The SMILES string of the molecule is C=CCCC(C)Nc1c(C)noc1-c1ccc(-c2ccc(C3(CC(=O)OCC)CC3)cc2)cc1. The van der Waals surface area contributed by atoms with Crippen molar-refractivity contribution in [3.8, 4) is 22.5 Å². The molecule has 1 saturated carbocycles. The minimum Gasteiger partial charge on any atom is -0.466 e. The molecule has 1 heterocycles. The van der Waals surface area contributed by atoms with E-state index in [4.69, 9.17) is 9.26 Å². The number of carbonyl (C=O) groups excluding carboxylic acids is 1. The van der Waals surface area contributed by atoms with Gasteiger partial charge in [0, 0.05) is 17.0 Å². The van der Waals surface area contributed by atoms with Gasteiger partial charge in [0.1, 0.15) is 11.4 Å². The van der Waals surface area contributed by atoms with Crippen LogP contribution in [0, 0.1) is 6.92 Å². The Kier molecular flexibility index (Phi) is 7.20. The summed E-state index contributed by atoms with van der Waals surface area (Å²) in [4.78, 5) is 12.0. The molecule has 5 nitrogen and oxygen atoms in total. The predicted octanol–water partition coefficient (Wildman–Crippen LogP) is 7.07. The van der Waals surface area contributed by atoms with E-state index in [0.29, 0.717) is 19.1 Å². The summed E-state index contributed by atoms with van der Waals surface area (Å²) >= 11 is 0. The van der Waals surface area contributed by atoms with Crippen molar-refractivity contribution in [1.29, 1.82) is 0 Å². The average Bonchev–Trinajstić information content (AvgIpc) is 3.54. The van der Waals surface area contributed by atoms with Crippen molar-refractivity contribution in [3.05, 3.63) is 72.4 Å². The zero-order valence-corrected chi connectivity index (χ0v) is 20.4. The first-order chi connectivity index (χ1) is 16.5. The van der Waals surface area contributed by atoms with Crippen LogP contribution in [0.15, 0.2) is 65.7 Å². The molecule has 0 bridgehead atoms. The Morgan fingerprint density at radius 3 is 2.35 bits per heavy atom. The largest absolute Gasteiger partial charge is 0.466 e. The van der Waals surface area contributed by atoms with Gasteiger partial charge in [0.2, 0.25) is 0 Å². The number of ether oxygens (including phenoxy) is 1. The number of nitrogens with one attached hydrogen (secondary N) is 1. The van der Waals surface area contributed by atoms with E-state index < -0.39 is 0 Å². The molecule has 0 radical (unpaired) electrons. The lowest BCUT2D eigenvalue weighted by Gasteiger charge is -2.15. The van der Waals surface area contributed by atoms with Gasteiger partial charge < -0.3 is 14.6 Å². The third-order valence-electron chi connectivity index (χ3n) is 6.68. The Morgan fingerprint density at radius 2 is 1.76 bits per heavy atom. The molecular formula is C29H34N2O3. The molecule has 1 fully saturated rings. The Bertz CT molecular complexity index is 1130. The summed E-state index contributed by atoms with van der Waals surface area (Å²) in [5.74, 6) is 0.658. The molecule has 0 aliphatic heterocycles. The molecule has 1 unspecified atom stereocenters. The molecule has 1 aliphatic rings. The van der Waals surface area contributed by atoms with Crippen LogP contribution >= 0.6 is 0 Å². The number of aryl methyl sites for hydroxylation is 1. The first-order valence-corrected chi connectivity index (χ1v) is 12.2. The molecule has 3 aromatic rings. The molecule has 1 aliphatic carbocycles. The second-order valence-corrected chi connectivity index (χ2v) is 9.30. The monoisotopic (exact) mass is 458 g/mol. The molecule has 5 heteroatoms. The quantitative estimate of drug-likeness (QED) is 0.246. The number of allylic oxidation sites excluding steroid dienone is 1. The van der Waals surface area contributed by atoms with Crippen molar-refractivity contribution >= 4 is 11.7 Å². The molecule has 0 spiro atoms. The van der Waals surface area contributed by atoms with E-state index in [-0.39, 0.29) is 11.4 Å². The van der Waals surface area contributed by atoms with Crippen LogP contribution in [0.2, 0.25) is 0 Å². The van der Waals surface area contributed by atoms with E-state index in [0.717, 1.165) is 59.5 Å². The number of hydrogen-bond donors (Lipinski definition) is 1. The van der Waals surface area contributed by atoms with Crippen LogP contribution in [0.4, 0.5) is 5.69 Å². The first kappa shape index (κ1) is 23.8. The van der Waals surface area contributed by atoms with E-state index in [1.54, 1.807) is 0 Å². The molecular weight excluding hydrogens is 424 g/mol. The lowest BCUT2D eigenvalue weighted by molar-refractivity contribution is -0.143.